The van der Waals surface area contributed by atoms with Gasteiger partial charge in [-0.2, -0.15) is 0 Å². The predicted octanol–water partition coefficient (Wildman–Crippen LogP) is 4.79. The molecule has 4 aliphatic carbocycles. The number of hydrogen-bond donors (Lipinski definition) is 2. The summed E-state index contributed by atoms with van der Waals surface area (Å²) in [7, 11) is 5.87. The van der Waals surface area contributed by atoms with Gasteiger partial charge in [0, 0.05) is 64.1 Å². The maximum atomic E-state index is 12.2. The number of allylic oxidation sites excluding steroid dienone is 1. The molecule has 1 spiro atoms. The number of aliphatic hydroxyl groups is 2. The summed E-state index contributed by atoms with van der Waals surface area (Å²) in [5.41, 5.74) is 3.44. The van der Waals surface area contributed by atoms with Crippen molar-refractivity contribution in [3.05, 3.63) is 41.0 Å². The van der Waals surface area contributed by atoms with E-state index in [2.05, 4.69) is 50.2 Å². The molecule has 3 saturated carbocycles. The van der Waals surface area contributed by atoms with Crippen LogP contribution >= 0.6 is 0 Å². The maximum absolute atomic E-state index is 12.2. The van der Waals surface area contributed by atoms with Crippen molar-refractivity contribution in [1.29, 1.82) is 0 Å². The van der Waals surface area contributed by atoms with Crippen LogP contribution in [0.15, 0.2) is 35.4 Å². The summed E-state index contributed by atoms with van der Waals surface area (Å²) in [6, 6.07) is 8.97. The molecule has 1 aromatic carbocycles. The standard InChI is InChI=1S/C31H45NO5/c1-28-19-24(21-5-7-22(8-6-21)32(2)3)27-23(25(28)10-13-30(28,34)15-16-35-4)9-12-29(33)20-31(14-11-26(27)29)36-17-18-37-31/h5-8,23-25,33-34H,9-20H2,1-4H3/t23?,24-,25?,28+,29-,30+/m1/s1. The molecule has 6 heteroatoms. The third-order valence-electron chi connectivity index (χ3n) is 11.1. The molecule has 1 heterocycles. The zero-order valence-electron chi connectivity index (χ0n) is 23.1. The normalized spacial score (nSPS) is 40.4. The number of anilines is 1. The molecule has 0 radical (unpaired) electrons. The van der Waals surface area contributed by atoms with Crippen molar-refractivity contribution in [3.8, 4) is 0 Å². The highest BCUT2D eigenvalue weighted by Crippen LogP contribution is 2.68. The van der Waals surface area contributed by atoms with Crippen LogP contribution in [0.1, 0.15) is 76.2 Å². The lowest BCUT2D eigenvalue weighted by Gasteiger charge is -2.57. The minimum absolute atomic E-state index is 0.186. The number of nitrogens with zero attached hydrogens (tertiary/aromatic N) is 1. The van der Waals surface area contributed by atoms with E-state index in [1.54, 1.807) is 7.11 Å². The van der Waals surface area contributed by atoms with E-state index >= 15 is 0 Å². The maximum Gasteiger partial charge on any atom is 0.171 e. The fraction of sp³-hybridized carbons (Fsp3) is 0.742. The average molecular weight is 512 g/mol. The molecule has 2 N–H and O–H groups in total. The Labute approximate surface area is 222 Å². The van der Waals surface area contributed by atoms with Crippen molar-refractivity contribution in [2.24, 2.45) is 17.3 Å². The Balaban J connectivity index is 1.45. The summed E-state index contributed by atoms with van der Waals surface area (Å²) < 4.78 is 17.6. The van der Waals surface area contributed by atoms with E-state index in [4.69, 9.17) is 14.2 Å². The molecule has 4 fully saturated rings. The topological polar surface area (TPSA) is 71.4 Å². The van der Waals surface area contributed by atoms with Gasteiger partial charge < -0.3 is 29.3 Å². The van der Waals surface area contributed by atoms with Gasteiger partial charge in [0.1, 0.15) is 0 Å². The molecular formula is C31H45NO5. The Bertz CT molecular complexity index is 1050. The first-order valence-electron chi connectivity index (χ1n) is 14.4. The minimum atomic E-state index is -0.866. The highest BCUT2D eigenvalue weighted by molar-refractivity contribution is 5.50. The second kappa shape index (κ2) is 9.06. The zero-order valence-corrected chi connectivity index (χ0v) is 23.1. The molecular weight excluding hydrogens is 466 g/mol. The van der Waals surface area contributed by atoms with Gasteiger partial charge in [0.25, 0.3) is 0 Å². The Hall–Kier alpha value is -1.44. The Morgan fingerprint density at radius 1 is 1.03 bits per heavy atom. The zero-order chi connectivity index (χ0) is 26.1. The number of ether oxygens (including phenoxy) is 3. The summed E-state index contributed by atoms with van der Waals surface area (Å²) in [5.74, 6) is 0.388. The average Bonchev–Trinajstić information content (AvgIpc) is 3.43. The molecule has 0 amide bonds. The minimum Gasteiger partial charge on any atom is -0.389 e. The Morgan fingerprint density at radius 3 is 2.43 bits per heavy atom. The van der Waals surface area contributed by atoms with Crippen molar-refractivity contribution >= 4 is 5.69 Å². The van der Waals surface area contributed by atoms with Crippen molar-refractivity contribution in [2.75, 3.05) is 45.9 Å². The molecule has 1 aromatic rings. The van der Waals surface area contributed by atoms with Crippen LogP contribution in [-0.4, -0.2) is 68.2 Å². The van der Waals surface area contributed by atoms with Gasteiger partial charge in [0.2, 0.25) is 0 Å². The van der Waals surface area contributed by atoms with Crippen LogP contribution in [0.3, 0.4) is 0 Å². The SMILES string of the molecule is COCC[C@@]1(O)CCC2C3CC[C@@]4(O)CC5(CCC4=C3[C@@H](c3ccc(N(C)C)cc3)C[C@@]21C)OCCO5. The third-order valence-corrected chi connectivity index (χ3v) is 11.1. The summed E-state index contributed by atoms with van der Waals surface area (Å²) in [5, 5.41) is 24.3. The van der Waals surface area contributed by atoms with Gasteiger partial charge in [-0.3, -0.25) is 0 Å². The number of benzene rings is 1. The van der Waals surface area contributed by atoms with Gasteiger partial charge in [-0.1, -0.05) is 24.6 Å². The second-order valence-corrected chi connectivity index (χ2v) is 13.0. The molecule has 1 saturated heterocycles. The third kappa shape index (κ3) is 3.93. The predicted molar refractivity (Wildman–Crippen MR) is 144 cm³/mol. The van der Waals surface area contributed by atoms with E-state index in [0.29, 0.717) is 44.5 Å². The summed E-state index contributed by atoms with van der Waals surface area (Å²) >= 11 is 0. The first kappa shape index (κ1) is 25.8. The van der Waals surface area contributed by atoms with E-state index in [1.165, 1.54) is 22.4 Å². The Kier molecular flexibility index (Phi) is 6.32. The van der Waals surface area contributed by atoms with Crippen LogP contribution in [0.4, 0.5) is 5.69 Å². The van der Waals surface area contributed by atoms with Gasteiger partial charge in [-0.05, 0) is 73.6 Å². The van der Waals surface area contributed by atoms with Crippen molar-refractivity contribution in [2.45, 2.75) is 87.6 Å². The summed E-state index contributed by atoms with van der Waals surface area (Å²) in [6.07, 6.45) is 7.34. The van der Waals surface area contributed by atoms with Crippen LogP contribution in [-0.2, 0) is 14.2 Å². The van der Waals surface area contributed by atoms with Gasteiger partial charge in [-0.25, -0.2) is 0 Å². The lowest BCUT2D eigenvalue weighted by Crippen LogP contribution is -2.55. The van der Waals surface area contributed by atoms with Crippen molar-refractivity contribution < 1.29 is 24.4 Å². The van der Waals surface area contributed by atoms with Crippen molar-refractivity contribution in [3.63, 3.8) is 0 Å². The molecule has 5 aliphatic rings. The van der Waals surface area contributed by atoms with Crippen LogP contribution in [0.2, 0.25) is 0 Å². The number of fused-ring (bicyclic) bond motifs is 4. The molecule has 204 valence electrons. The molecule has 1 aliphatic heterocycles. The second-order valence-electron chi connectivity index (χ2n) is 13.0. The molecule has 0 aromatic heterocycles. The van der Waals surface area contributed by atoms with Gasteiger partial charge in [0.05, 0.1) is 24.4 Å². The first-order valence-corrected chi connectivity index (χ1v) is 14.4. The van der Waals surface area contributed by atoms with Crippen LogP contribution in [0.5, 0.6) is 0 Å². The molecule has 6 nitrogen and oxygen atoms in total. The molecule has 6 atom stereocenters. The smallest absolute Gasteiger partial charge is 0.171 e. The summed E-state index contributed by atoms with van der Waals surface area (Å²) in [6.45, 7) is 4.17. The molecule has 2 unspecified atom stereocenters. The monoisotopic (exact) mass is 511 g/mol. The molecule has 0 bridgehead atoms. The van der Waals surface area contributed by atoms with E-state index in [0.717, 1.165) is 44.9 Å². The van der Waals surface area contributed by atoms with E-state index in [1.807, 2.05) is 0 Å². The fourth-order valence-corrected chi connectivity index (χ4v) is 9.09. The first-order chi connectivity index (χ1) is 17.6. The highest BCUT2D eigenvalue weighted by Gasteiger charge is 2.64. The highest BCUT2D eigenvalue weighted by atomic mass is 16.7. The van der Waals surface area contributed by atoms with E-state index < -0.39 is 17.0 Å². The number of rotatable bonds is 5. The van der Waals surface area contributed by atoms with Crippen LogP contribution in [0, 0.1) is 17.3 Å². The number of hydrogen-bond acceptors (Lipinski definition) is 6. The largest absolute Gasteiger partial charge is 0.389 e. The van der Waals surface area contributed by atoms with Crippen LogP contribution < -0.4 is 4.90 Å². The number of methoxy groups -OCH3 is 1. The lowest BCUT2D eigenvalue weighted by atomic mass is 9.49. The van der Waals surface area contributed by atoms with Gasteiger partial charge >= 0.3 is 0 Å². The quantitative estimate of drug-likeness (QED) is 0.554. The fourth-order valence-electron chi connectivity index (χ4n) is 9.09. The molecule has 6 rings (SSSR count). The van der Waals surface area contributed by atoms with Crippen molar-refractivity contribution in [1.82, 2.24) is 0 Å². The lowest BCUT2D eigenvalue weighted by molar-refractivity contribution is -0.208. The van der Waals surface area contributed by atoms with Gasteiger partial charge in [0.15, 0.2) is 5.79 Å². The van der Waals surface area contributed by atoms with E-state index in [-0.39, 0.29) is 11.3 Å². The van der Waals surface area contributed by atoms with Crippen LogP contribution in [0.25, 0.3) is 0 Å². The molecule has 37 heavy (non-hydrogen) atoms. The Morgan fingerprint density at radius 2 is 1.76 bits per heavy atom. The van der Waals surface area contributed by atoms with E-state index in [9.17, 15) is 10.2 Å². The summed E-state index contributed by atoms with van der Waals surface area (Å²) in [4.78, 5) is 2.13. The van der Waals surface area contributed by atoms with Gasteiger partial charge in [-0.15, -0.1) is 0 Å².